The van der Waals surface area contributed by atoms with Crippen molar-refractivity contribution in [2.45, 2.75) is 102 Å². The second kappa shape index (κ2) is 15.2. The van der Waals surface area contributed by atoms with Crippen LogP contribution in [0.15, 0.2) is 12.2 Å². The number of rotatable bonds is 10. The summed E-state index contributed by atoms with van der Waals surface area (Å²) in [7, 11) is 0. The Kier molecular flexibility index (Phi) is 12.3. The molecule has 0 saturated heterocycles. The molecule has 2 saturated carbocycles. The smallest absolute Gasteiger partial charge is 0.407 e. The second-order valence-electron chi connectivity index (χ2n) is 9.01. The van der Waals surface area contributed by atoms with Crippen molar-refractivity contribution < 1.29 is 38.1 Å². The van der Waals surface area contributed by atoms with Gasteiger partial charge in [-0.05, 0) is 65.2 Å². The highest BCUT2D eigenvalue weighted by molar-refractivity contribution is 5.91. The molecule has 0 radical (unpaired) electrons. The van der Waals surface area contributed by atoms with Crippen LogP contribution in [-0.2, 0) is 28.5 Å². The van der Waals surface area contributed by atoms with Crippen LogP contribution >= 0.6 is 0 Å². The van der Waals surface area contributed by atoms with Gasteiger partial charge in [0.05, 0.1) is 12.1 Å². The molecule has 0 spiro atoms. The molecule has 192 valence electrons. The van der Waals surface area contributed by atoms with Crippen LogP contribution in [0.25, 0.3) is 0 Å². The third-order valence-electron chi connectivity index (χ3n) is 5.69. The zero-order valence-corrected chi connectivity index (χ0v) is 20.2. The Labute approximate surface area is 201 Å². The topological polar surface area (TPSA) is 129 Å². The highest BCUT2D eigenvalue weighted by Gasteiger charge is 2.20. The Hall–Kier alpha value is -2.78. The van der Waals surface area contributed by atoms with Gasteiger partial charge in [0, 0.05) is 12.2 Å². The molecule has 0 aromatic heterocycles. The normalized spacial score (nSPS) is 19.0. The maximum absolute atomic E-state index is 11.9. The van der Waals surface area contributed by atoms with Crippen LogP contribution in [-0.4, -0.2) is 61.6 Å². The van der Waals surface area contributed by atoms with Crippen LogP contribution < -0.4 is 10.6 Å². The van der Waals surface area contributed by atoms with Gasteiger partial charge < -0.3 is 29.6 Å². The van der Waals surface area contributed by atoms with Gasteiger partial charge in [-0.3, -0.25) is 0 Å². The first-order valence-electron chi connectivity index (χ1n) is 12.3. The van der Waals surface area contributed by atoms with Gasteiger partial charge in [0.25, 0.3) is 0 Å². The van der Waals surface area contributed by atoms with E-state index in [0.717, 1.165) is 63.5 Å². The minimum Gasteiger partial charge on any atom is -0.460 e. The summed E-state index contributed by atoms with van der Waals surface area (Å²) in [4.78, 5) is 47.4. The maximum atomic E-state index is 11.9. The van der Waals surface area contributed by atoms with E-state index in [1.807, 2.05) is 0 Å². The van der Waals surface area contributed by atoms with Crippen molar-refractivity contribution in [3.8, 4) is 0 Å². The van der Waals surface area contributed by atoms with Crippen LogP contribution in [0.2, 0.25) is 0 Å². The van der Waals surface area contributed by atoms with E-state index >= 15 is 0 Å². The maximum Gasteiger partial charge on any atom is 0.407 e. The minimum atomic E-state index is -0.742. The number of alkyl carbamates (subject to hydrolysis) is 2. The predicted molar refractivity (Wildman–Crippen MR) is 123 cm³/mol. The van der Waals surface area contributed by atoms with Gasteiger partial charge in [0.1, 0.15) is 25.4 Å². The summed E-state index contributed by atoms with van der Waals surface area (Å²) in [6.07, 6.45) is 10.8. The molecule has 0 aliphatic heterocycles. The third kappa shape index (κ3) is 11.9. The number of carbonyl (C=O) groups is 4. The Bertz CT molecular complexity index is 641. The number of esters is 2. The predicted octanol–water partition coefficient (Wildman–Crippen LogP) is 3.52. The van der Waals surface area contributed by atoms with Crippen molar-refractivity contribution in [3.63, 3.8) is 0 Å². The van der Waals surface area contributed by atoms with Gasteiger partial charge in [-0.1, -0.05) is 12.8 Å². The third-order valence-corrected chi connectivity index (χ3v) is 5.69. The number of carbonyl (C=O) groups excluding carboxylic acids is 4. The summed E-state index contributed by atoms with van der Waals surface area (Å²) in [6, 6.07) is -0.888. The van der Waals surface area contributed by atoms with Crippen LogP contribution in [0, 0.1) is 0 Å². The molecular formula is C24H38N2O8. The summed E-state index contributed by atoms with van der Waals surface area (Å²) in [6.45, 7) is 3.23. The molecule has 2 amide bonds. The largest absolute Gasteiger partial charge is 0.460 e. The summed E-state index contributed by atoms with van der Waals surface area (Å²) in [5, 5.41) is 5.24. The minimum absolute atomic E-state index is 0.0575. The van der Waals surface area contributed by atoms with Crippen molar-refractivity contribution in [2.24, 2.45) is 0 Å². The fraction of sp³-hybridized carbons (Fsp3) is 0.750. The fourth-order valence-electron chi connectivity index (χ4n) is 3.87. The molecule has 2 fully saturated rings. The van der Waals surface area contributed by atoms with E-state index < -0.39 is 36.2 Å². The summed E-state index contributed by atoms with van der Waals surface area (Å²) >= 11 is 0. The molecule has 10 heteroatoms. The average molecular weight is 483 g/mol. The van der Waals surface area contributed by atoms with E-state index in [1.54, 1.807) is 13.8 Å². The Balaban J connectivity index is 1.55. The van der Waals surface area contributed by atoms with Crippen molar-refractivity contribution in [3.05, 3.63) is 12.2 Å². The van der Waals surface area contributed by atoms with Crippen molar-refractivity contribution in [2.75, 3.05) is 13.2 Å². The lowest BCUT2D eigenvalue weighted by molar-refractivity contribution is -0.141. The molecule has 2 aliphatic rings. The molecule has 0 heterocycles. The number of nitrogens with one attached hydrogen (secondary N) is 2. The zero-order chi connectivity index (χ0) is 24.8. The monoisotopic (exact) mass is 482 g/mol. The fourth-order valence-corrected chi connectivity index (χ4v) is 3.87. The van der Waals surface area contributed by atoms with Crippen molar-refractivity contribution >= 4 is 24.1 Å². The molecule has 2 aliphatic carbocycles. The van der Waals surface area contributed by atoms with Crippen molar-refractivity contribution in [1.29, 1.82) is 0 Å². The highest BCUT2D eigenvalue weighted by atomic mass is 16.6. The SMILES string of the molecule is C[C@@H](COC(=O)/C=C/C(=O)OC[C@H](C)NC(=O)OC1CCCCC1)NC(=O)OC1CCCCC1. The summed E-state index contributed by atoms with van der Waals surface area (Å²) in [5.41, 5.74) is 0. The molecule has 0 bridgehead atoms. The molecule has 34 heavy (non-hydrogen) atoms. The number of ether oxygens (including phenoxy) is 4. The average Bonchev–Trinajstić information content (AvgIpc) is 2.81. The van der Waals surface area contributed by atoms with Crippen LogP contribution in [0.3, 0.4) is 0 Å². The molecule has 2 N–H and O–H groups in total. The van der Waals surface area contributed by atoms with Crippen LogP contribution in [0.1, 0.15) is 78.1 Å². The molecule has 0 aromatic rings. The lowest BCUT2D eigenvalue weighted by atomic mass is 9.98. The van der Waals surface area contributed by atoms with Crippen LogP contribution in [0.5, 0.6) is 0 Å². The van der Waals surface area contributed by atoms with Gasteiger partial charge in [-0.15, -0.1) is 0 Å². The Morgan fingerprint density at radius 1 is 0.676 bits per heavy atom. The molecule has 2 atom stereocenters. The standard InChI is InChI=1S/C24H38N2O8/c1-17(25-23(29)33-19-9-5-3-6-10-19)15-31-21(27)13-14-22(28)32-16-18(2)26-24(30)34-20-11-7-4-8-12-20/h13-14,17-20H,3-12,15-16H2,1-2H3,(H,25,29)(H,26,30)/b14-13+/t17-,18-/m0/s1. The molecule has 2 rings (SSSR count). The van der Waals surface area contributed by atoms with Gasteiger partial charge in [-0.25, -0.2) is 19.2 Å². The number of hydrogen-bond acceptors (Lipinski definition) is 8. The Morgan fingerprint density at radius 2 is 1.03 bits per heavy atom. The quantitative estimate of drug-likeness (QED) is 0.275. The van der Waals surface area contributed by atoms with Gasteiger partial charge in [0.15, 0.2) is 0 Å². The van der Waals surface area contributed by atoms with E-state index in [4.69, 9.17) is 18.9 Å². The molecule has 10 nitrogen and oxygen atoms in total. The zero-order valence-electron chi connectivity index (χ0n) is 20.2. The second-order valence-corrected chi connectivity index (χ2v) is 9.01. The molecular weight excluding hydrogens is 444 g/mol. The van der Waals surface area contributed by atoms with Gasteiger partial charge >= 0.3 is 24.1 Å². The number of hydrogen-bond donors (Lipinski definition) is 2. The lowest BCUT2D eigenvalue weighted by Gasteiger charge is -2.23. The lowest BCUT2D eigenvalue weighted by Crippen LogP contribution is -2.39. The Morgan fingerprint density at radius 3 is 1.38 bits per heavy atom. The summed E-state index contributed by atoms with van der Waals surface area (Å²) < 4.78 is 20.7. The van der Waals surface area contributed by atoms with E-state index in [1.165, 1.54) is 12.8 Å². The van der Waals surface area contributed by atoms with E-state index in [9.17, 15) is 19.2 Å². The first-order chi connectivity index (χ1) is 16.3. The first-order valence-corrected chi connectivity index (χ1v) is 12.3. The highest BCUT2D eigenvalue weighted by Crippen LogP contribution is 2.21. The van der Waals surface area contributed by atoms with Crippen molar-refractivity contribution in [1.82, 2.24) is 10.6 Å². The van der Waals surface area contributed by atoms with E-state index in [0.29, 0.717) is 0 Å². The van der Waals surface area contributed by atoms with E-state index in [-0.39, 0.29) is 25.4 Å². The van der Waals surface area contributed by atoms with Gasteiger partial charge in [0.2, 0.25) is 0 Å². The van der Waals surface area contributed by atoms with E-state index in [2.05, 4.69) is 10.6 Å². The van der Waals surface area contributed by atoms with Crippen LogP contribution in [0.4, 0.5) is 9.59 Å². The summed E-state index contributed by atoms with van der Waals surface area (Å²) in [5.74, 6) is -1.48. The first kappa shape index (κ1) is 27.5. The molecule has 0 aromatic carbocycles. The van der Waals surface area contributed by atoms with Gasteiger partial charge in [-0.2, -0.15) is 0 Å². The number of amides is 2. The molecule has 0 unspecified atom stereocenters.